The summed E-state index contributed by atoms with van der Waals surface area (Å²) in [6.45, 7) is 0.620. The molecule has 0 aliphatic heterocycles. The molecule has 2 N–H and O–H groups in total. The van der Waals surface area contributed by atoms with Crippen molar-refractivity contribution < 1.29 is 46.8 Å². The van der Waals surface area contributed by atoms with Crippen molar-refractivity contribution in [1.29, 1.82) is 0 Å². The van der Waals surface area contributed by atoms with Gasteiger partial charge >= 0.3 is 12.3 Å². The van der Waals surface area contributed by atoms with Gasteiger partial charge < -0.3 is 34.1 Å². The third-order valence-corrected chi connectivity index (χ3v) is 5.08. The SMILES string of the molecule is COc1ccc(CC(=O)O)cc1OC.COc1ccc(CCNc2ccc(OC(F)(F)F)cc2)cc1OC. The molecule has 3 aromatic rings. The van der Waals surface area contributed by atoms with E-state index in [-0.39, 0.29) is 12.2 Å². The van der Waals surface area contributed by atoms with Gasteiger partial charge in [0.2, 0.25) is 0 Å². The lowest BCUT2D eigenvalue weighted by molar-refractivity contribution is -0.274. The van der Waals surface area contributed by atoms with Gasteiger partial charge in [-0.3, -0.25) is 4.79 Å². The number of methoxy groups -OCH3 is 4. The Labute approximate surface area is 218 Å². The Kier molecular flexibility index (Phi) is 11.4. The van der Waals surface area contributed by atoms with Gasteiger partial charge in [-0.05, 0) is 66.1 Å². The van der Waals surface area contributed by atoms with E-state index in [1.54, 1.807) is 32.4 Å². The first kappa shape index (κ1) is 29.9. The zero-order valence-electron chi connectivity index (χ0n) is 21.4. The standard InChI is InChI=1S/C17H18F3NO3.C10H12O4/c1-22-15-8-3-12(11-16(15)23-2)9-10-21-13-4-6-14(7-5-13)24-17(18,19)20;1-13-8-4-3-7(6-10(11)12)5-9(8)14-2/h3-8,11,21H,9-10H2,1-2H3;3-5H,6H2,1-2H3,(H,11,12). The summed E-state index contributed by atoms with van der Waals surface area (Å²) in [5.74, 6) is 1.36. The van der Waals surface area contributed by atoms with Crippen molar-refractivity contribution in [2.24, 2.45) is 0 Å². The number of hydrogen-bond donors (Lipinski definition) is 2. The van der Waals surface area contributed by atoms with Crippen LogP contribution in [-0.4, -0.2) is 52.4 Å². The van der Waals surface area contributed by atoms with E-state index in [0.29, 0.717) is 40.8 Å². The molecular weight excluding hydrogens is 507 g/mol. The van der Waals surface area contributed by atoms with Crippen molar-refractivity contribution in [2.75, 3.05) is 40.3 Å². The molecule has 0 saturated carbocycles. The first-order chi connectivity index (χ1) is 18.1. The topological polar surface area (TPSA) is 95.5 Å². The number of carboxylic acid groups (broad SMARTS) is 1. The minimum atomic E-state index is -4.68. The maximum absolute atomic E-state index is 12.1. The van der Waals surface area contributed by atoms with E-state index in [4.69, 9.17) is 24.1 Å². The van der Waals surface area contributed by atoms with E-state index in [9.17, 15) is 18.0 Å². The van der Waals surface area contributed by atoms with Crippen molar-refractivity contribution in [3.8, 4) is 28.7 Å². The predicted molar refractivity (Wildman–Crippen MR) is 136 cm³/mol. The summed E-state index contributed by atoms with van der Waals surface area (Å²) in [7, 11) is 6.20. The van der Waals surface area contributed by atoms with Crippen LogP contribution in [0.2, 0.25) is 0 Å². The van der Waals surface area contributed by atoms with Crippen LogP contribution in [0.4, 0.5) is 18.9 Å². The van der Waals surface area contributed by atoms with Crippen molar-refractivity contribution in [1.82, 2.24) is 0 Å². The summed E-state index contributed by atoms with van der Waals surface area (Å²) < 4.78 is 60.6. The lowest BCUT2D eigenvalue weighted by Gasteiger charge is -2.11. The highest BCUT2D eigenvalue weighted by molar-refractivity contribution is 5.70. The van der Waals surface area contributed by atoms with Crippen molar-refractivity contribution in [3.63, 3.8) is 0 Å². The normalized spacial score (nSPS) is 10.5. The van der Waals surface area contributed by atoms with Crippen molar-refractivity contribution >= 4 is 11.7 Å². The second-order valence-corrected chi connectivity index (χ2v) is 7.70. The number of alkyl halides is 3. The Hall–Kier alpha value is -4.28. The van der Waals surface area contributed by atoms with Crippen LogP contribution in [0.1, 0.15) is 11.1 Å². The second kappa shape index (κ2) is 14.5. The van der Waals surface area contributed by atoms with Gasteiger partial charge in [-0.25, -0.2) is 0 Å². The first-order valence-electron chi connectivity index (χ1n) is 11.3. The minimum Gasteiger partial charge on any atom is -0.493 e. The van der Waals surface area contributed by atoms with Crippen molar-refractivity contribution in [2.45, 2.75) is 19.2 Å². The van der Waals surface area contributed by atoms with E-state index < -0.39 is 12.3 Å². The molecule has 0 aromatic heterocycles. The Balaban J connectivity index is 0.000000308. The number of ether oxygens (including phenoxy) is 5. The molecule has 0 bridgehead atoms. The summed E-state index contributed by atoms with van der Waals surface area (Å²) in [6.07, 6.45) is -3.97. The molecule has 0 saturated heterocycles. The largest absolute Gasteiger partial charge is 0.573 e. The molecule has 0 spiro atoms. The van der Waals surface area contributed by atoms with Gasteiger partial charge in [0, 0.05) is 12.2 Å². The summed E-state index contributed by atoms with van der Waals surface area (Å²) in [6, 6.07) is 16.3. The highest BCUT2D eigenvalue weighted by atomic mass is 19.4. The number of aliphatic carboxylic acids is 1. The fourth-order valence-electron chi connectivity index (χ4n) is 3.33. The van der Waals surface area contributed by atoms with Crippen LogP contribution in [0.5, 0.6) is 28.7 Å². The number of halogens is 3. The van der Waals surface area contributed by atoms with Gasteiger partial charge in [0.1, 0.15) is 5.75 Å². The third-order valence-electron chi connectivity index (χ3n) is 5.08. The average molecular weight is 538 g/mol. The maximum atomic E-state index is 12.1. The van der Waals surface area contributed by atoms with Gasteiger partial charge in [-0.2, -0.15) is 0 Å². The average Bonchev–Trinajstić information content (AvgIpc) is 2.88. The summed E-state index contributed by atoms with van der Waals surface area (Å²) in [5, 5.41) is 11.7. The second-order valence-electron chi connectivity index (χ2n) is 7.70. The fraction of sp³-hybridized carbons (Fsp3) is 0.296. The molecule has 3 rings (SSSR count). The fourth-order valence-corrected chi connectivity index (χ4v) is 3.33. The molecule has 0 aliphatic carbocycles. The molecular formula is C27H30F3NO7. The van der Waals surface area contributed by atoms with Gasteiger partial charge in [0.15, 0.2) is 23.0 Å². The minimum absolute atomic E-state index is 0.0135. The van der Waals surface area contributed by atoms with Crippen LogP contribution >= 0.6 is 0 Å². The molecule has 0 radical (unpaired) electrons. The number of benzene rings is 3. The van der Waals surface area contributed by atoms with Crippen LogP contribution in [0.3, 0.4) is 0 Å². The lowest BCUT2D eigenvalue weighted by Crippen LogP contribution is -2.17. The van der Waals surface area contributed by atoms with Crippen LogP contribution in [0.15, 0.2) is 60.7 Å². The van der Waals surface area contributed by atoms with Crippen LogP contribution < -0.4 is 29.0 Å². The van der Waals surface area contributed by atoms with Gasteiger partial charge in [-0.15, -0.1) is 13.2 Å². The van der Waals surface area contributed by atoms with Crippen molar-refractivity contribution in [3.05, 3.63) is 71.8 Å². The number of anilines is 1. The summed E-state index contributed by atoms with van der Waals surface area (Å²) >= 11 is 0. The molecule has 0 amide bonds. The van der Waals surface area contributed by atoms with Crippen LogP contribution in [-0.2, 0) is 17.6 Å². The highest BCUT2D eigenvalue weighted by Crippen LogP contribution is 2.29. The lowest BCUT2D eigenvalue weighted by atomic mass is 10.1. The molecule has 0 aliphatic rings. The monoisotopic (exact) mass is 537 g/mol. The first-order valence-corrected chi connectivity index (χ1v) is 11.3. The van der Waals surface area contributed by atoms with E-state index >= 15 is 0 Å². The predicted octanol–water partition coefficient (Wildman–Crippen LogP) is 5.59. The molecule has 0 unspecified atom stereocenters. The third kappa shape index (κ3) is 10.00. The van der Waals surface area contributed by atoms with Crippen LogP contribution in [0.25, 0.3) is 0 Å². The highest BCUT2D eigenvalue weighted by Gasteiger charge is 2.30. The Morgan fingerprint density at radius 1 is 0.763 bits per heavy atom. The van der Waals surface area contributed by atoms with E-state index in [1.165, 1.54) is 38.5 Å². The van der Waals surface area contributed by atoms with E-state index in [2.05, 4.69) is 10.1 Å². The molecule has 206 valence electrons. The van der Waals surface area contributed by atoms with Gasteiger partial charge in [0.05, 0.1) is 34.9 Å². The summed E-state index contributed by atoms with van der Waals surface area (Å²) in [5.41, 5.74) is 2.46. The Morgan fingerprint density at radius 3 is 1.74 bits per heavy atom. The molecule has 0 heterocycles. The number of hydrogen-bond acceptors (Lipinski definition) is 7. The van der Waals surface area contributed by atoms with Crippen LogP contribution in [0, 0.1) is 0 Å². The summed E-state index contributed by atoms with van der Waals surface area (Å²) in [4.78, 5) is 10.5. The zero-order chi connectivity index (χ0) is 28.1. The Bertz CT molecular complexity index is 1170. The molecule has 38 heavy (non-hydrogen) atoms. The number of carbonyl (C=O) groups is 1. The smallest absolute Gasteiger partial charge is 0.493 e. The number of rotatable bonds is 11. The molecule has 3 aromatic carbocycles. The van der Waals surface area contributed by atoms with Gasteiger partial charge in [0.25, 0.3) is 0 Å². The molecule has 0 atom stereocenters. The molecule has 8 nitrogen and oxygen atoms in total. The zero-order valence-corrected chi connectivity index (χ0v) is 21.4. The molecule has 11 heteroatoms. The maximum Gasteiger partial charge on any atom is 0.573 e. The number of carboxylic acids is 1. The van der Waals surface area contributed by atoms with E-state index in [0.717, 1.165) is 12.0 Å². The quantitative estimate of drug-likeness (QED) is 0.327. The molecule has 0 fully saturated rings. The number of nitrogens with one attached hydrogen (secondary N) is 1. The van der Waals surface area contributed by atoms with E-state index in [1.807, 2.05) is 18.2 Å². The Morgan fingerprint density at radius 2 is 1.26 bits per heavy atom. The van der Waals surface area contributed by atoms with Gasteiger partial charge in [-0.1, -0.05) is 12.1 Å².